The highest BCUT2D eigenvalue weighted by Crippen LogP contribution is 2.43. The minimum absolute atomic E-state index is 0.710. The van der Waals surface area contributed by atoms with E-state index in [2.05, 4.69) is 162 Å². The summed E-state index contributed by atoms with van der Waals surface area (Å²) in [5, 5.41) is 2.26. The van der Waals surface area contributed by atoms with Gasteiger partial charge in [0.15, 0.2) is 5.82 Å². The summed E-state index contributed by atoms with van der Waals surface area (Å²) in [6.07, 6.45) is 0.962. The van der Waals surface area contributed by atoms with E-state index in [0.29, 0.717) is 5.82 Å². The first-order valence-corrected chi connectivity index (χ1v) is 17.1. The molecule has 0 atom stereocenters. The second-order valence-electron chi connectivity index (χ2n) is 13.0. The zero-order valence-electron chi connectivity index (χ0n) is 27.3. The van der Waals surface area contributed by atoms with E-state index < -0.39 is 0 Å². The molecule has 1 aliphatic carbocycles. The van der Waals surface area contributed by atoms with Gasteiger partial charge in [-0.25, -0.2) is 9.97 Å². The van der Waals surface area contributed by atoms with Gasteiger partial charge >= 0.3 is 0 Å². The number of fused-ring (bicyclic) bond motifs is 6. The lowest BCUT2D eigenvalue weighted by molar-refractivity contribution is 1.05. The number of hydrogen-bond donors (Lipinski definition) is 0. The van der Waals surface area contributed by atoms with Crippen LogP contribution in [0.5, 0.6) is 0 Å². The highest BCUT2D eigenvalue weighted by atomic mass is 15.1. The molecule has 0 bridgehead atoms. The van der Waals surface area contributed by atoms with Crippen molar-refractivity contribution in [3.8, 4) is 67.4 Å². The number of benzene rings is 7. The van der Waals surface area contributed by atoms with Crippen LogP contribution in [0.3, 0.4) is 0 Å². The van der Waals surface area contributed by atoms with Gasteiger partial charge in [0.2, 0.25) is 0 Å². The van der Waals surface area contributed by atoms with Crippen LogP contribution in [-0.2, 0) is 6.42 Å². The van der Waals surface area contributed by atoms with E-state index in [4.69, 9.17) is 9.97 Å². The van der Waals surface area contributed by atoms with E-state index in [-0.39, 0.29) is 0 Å². The van der Waals surface area contributed by atoms with Crippen molar-refractivity contribution >= 4 is 16.4 Å². The molecule has 1 aliphatic rings. The van der Waals surface area contributed by atoms with Crippen LogP contribution in [0, 0.1) is 0 Å². The van der Waals surface area contributed by atoms with Gasteiger partial charge in [0.25, 0.3) is 0 Å². The normalized spacial score (nSPS) is 11.9. The van der Waals surface area contributed by atoms with E-state index >= 15 is 0 Å². The first-order chi connectivity index (χ1) is 24.8. The Hall–Kier alpha value is -6.58. The third kappa shape index (κ3) is 4.59. The smallest absolute Gasteiger partial charge is 0.163 e. The van der Waals surface area contributed by atoms with E-state index in [1.807, 2.05) is 18.2 Å². The fourth-order valence-electron chi connectivity index (χ4n) is 7.75. The average molecular weight is 638 g/mol. The van der Waals surface area contributed by atoms with Crippen LogP contribution in [0.2, 0.25) is 0 Å². The summed E-state index contributed by atoms with van der Waals surface area (Å²) in [4.78, 5) is 10.6. The molecule has 9 aromatic rings. The van der Waals surface area contributed by atoms with Crippen molar-refractivity contribution in [2.75, 3.05) is 0 Å². The standard InChI is InChI=1S/C47H31N3/c1-3-14-31(15-4-1)44-41-24-9-10-25-42(41)47-49-45(32-16-5-2-6-17-32)48-46(50(44)47)37-22-12-20-34(29-37)33-19-11-21-35(28-33)39-26-13-27-40-38-23-8-7-18-36(38)30-43(39)40/h1-29H,30H2. The van der Waals surface area contributed by atoms with Crippen LogP contribution in [-0.4, -0.2) is 14.4 Å². The summed E-state index contributed by atoms with van der Waals surface area (Å²) >= 11 is 0. The molecule has 2 aromatic heterocycles. The maximum absolute atomic E-state index is 5.33. The van der Waals surface area contributed by atoms with Gasteiger partial charge in [-0.05, 0) is 68.6 Å². The quantitative estimate of drug-likeness (QED) is 0.188. The molecule has 10 rings (SSSR count). The van der Waals surface area contributed by atoms with Crippen LogP contribution in [0.15, 0.2) is 176 Å². The molecule has 0 spiro atoms. The summed E-state index contributed by atoms with van der Waals surface area (Å²) < 4.78 is 2.26. The molecule has 2 heterocycles. The molecule has 3 nitrogen and oxygen atoms in total. The average Bonchev–Trinajstić information content (AvgIpc) is 3.74. The lowest BCUT2D eigenvalue weighted by Crippen LogP contribution is -2.03. The second-order valence-corrected chi connectivity index (χ2v) is 13.0. The molecule has 7 aromatic carbocycles. The highest BCUT2D eigenvalue weighted by molar-refractivity contribution is 6.06. The molecule has 0 amide bonds. The van der Waals surface area contributed by atoms with Crippen molar-refractivity contribution in [2.24, 2.45) is 0 Å². The number of hydrogen-bond acceptors (Lipinski definition) is 2. The Morgan fingerprint density at radius 3 is 1.76 bits per heavy atom. The Kier molecular flexibility index (Phi) is 6.56. The Bertz CT molecular complexity index is 2720. The maximum atomic E-state index is 5.33. The van der Waals surface area contributed by atoms with Gasteiger partial charge < -0.3 is 0 Å². The van der Waals surface area contributed by atoms with Crippen molar-refractivity contribution in [1.82, 2.24) is 14.4 Å². The van der Waals surface area contributed by atoms with Crippen LogP contribution in [0.25, 0.3) is 83.8 Å². The van der Waals surface area contributed by atoms with Crippen molar-refractivity contribution < 1.29 is 0 Å². The van der Waals surface area contributed by atoms with E-state index in [0.717, 1.165) is 56.6 Å². The molecule has 234 valence electrons. The predicted octanol–water partition coefficient (Wildman–Crippen LogP) is 11.8. The SMILES string of the molecule is c1ccc(-c2nc(-c3cccc(-c4cccc(-c5cccc6c5Cc5ccccc5-6)c4)c3)n3c(-c4ccccc4)c4ccccc4c3n2)cc1. The maximum Gasteiger partial charge on any atom is 0.163 e. The Morgan fingerprint density at radius 1 is 0.400 bits per heavy atom. The number of aromatic nitrogens is 3. The molecule has 0 unspecified atom stereocenters. The fraction of sp³-hybridized carbons (Fsp3) is 0.0213. The minimum atomic E-state index is 0.710. The molecule has 50 heavy (non-hydrogen) atoms. The molecule has 0 aliphatic heterocycles. The van der Waals surface area contributed by atoms with Gasteiger partial charge in [0.05, 0.1) is 5.69 Å². The van der Waals surface area contributed by atoms with E-state index in [9.17, 15) is 0 Å². The van der Waals surface area contributed by atoms with Crippen molar-refractivity contribution in [3.63, 3.8) is 0 Å². The summed E-state index contributed by atoms with van der Waals surface area (Å²) in [6.45, 7) is 0. The molecular weight excluding hydrogens is 607 g/mol. The summed E-state index contributed by atoms with van der Waals surface area (Å²) in [6, 6.07) is 62.7. The summed E-state index contributed by atoms with van der Waals surface area (Å²) in [7, 11) is 0. The molecular formula is C47H31N3. The molecule has 3 heteroatoms. The van der Waals surface area contributed by atoms with Gasteiger partial charge in [0.1, 0.15) is 11.5 Å². The van der Waals surface area contributed by atoms with Crippen LogP contribution < -0.4 is 0 Å². The van der Waals surface area contributed by atoms with Gasteiger partial charge in [-0.2, -0.15) is 0 Å². The largest absolute Gasteiger partial charge is 0.277 e. The second kappa shape index (κ2) is 11.5. The first kappa shape index (κ1) is 28.4. The van der Waals surface area contributed by atoms with Crippen molar-refractivity contribution in [1.29, 1.82) is 0 Å². The molecule has 0 fully saturated rings. The molecule has 0 N–H and O–H groups in total. The third-order valence-corrected chi connectivity index (χ3v) is 10.1. The topological polar surface area (TPSA) is 30.2 Å². The molecule has 0 saturated carbocycles. The lowest BCUT2D eigenvalue weighted by Gasteiger charge is -2.14. The summed E-state index contributed by atoms with van der Waals surface area (Å²) in [5.41, 5.74) is 15.5. The fourth-order valence-corrected chi connectivity index (χ4v) is 7.75. The van der Waals surface area contributed by atoms with Gasteiger partial charge in [-0.1, -0.05) is 164 Å². The van der Waals surface area contributed by atoms with Crippen molar-refractivity contribution in [2.45, 2.75) is 6.42 Å². The zero-order valence-corrected chi connectivity index (χ0v) is 27.3. The lowest BCUT2D eigenvalue weighted by atomic mass is 9.93. The van der Waals surface area contributed by atoms with Gasteiger partial charge in [-0.3, -0.25) is 4.40 Å². The third-order valence-electron chi connectivity index (χ3n) is 10.1. The van der Waals surface area contributed by atoms with Gasteiger partial charge in [0, 0.05) is 21.9 Å². The first-order valence-electron chi connectivity index (χ1n) is 17.1. The number of rotatable bonds is 5. The summed E-state index contributed by atoms with van der Waals surface area (Å²) in [5.74, 6) is 1.57. The Balaban J connectivity index is 1.16. The Labute approximate surface area is 290 Å². The molecule has 0 saturated heterocycles. The zero-order chi connectivity index (χ0) is 33.0. The van der Waals surface area contributed by atoms with E-state index in [1.54, 1.807) is 0 Å². The predicted molar refractivity (Wildman–Crippen MR) is 206 cm³/mol. The molecule has 0 radical (unpaired) electrons. The van der Waals surface area contributed by atoms with Crippen LogP contribution in [0.4, 0.5) is 0 Å². The van der Waals surface area contributed by atoms with Gasteiger partial charge in [-0.15, -0.1) is 0 Å². The number of nitrogens with zero attached hydrogens (tertiary/aromatic N) is 3. The van der Waals surface area contributed by atoms with Crippen molar-refractivity contribution in [3.05, 3.63) is 187 Å². The van der Waals surface area contributed by atoms with Crippen LogP contribution in [0.1, 0.15) is 11.1 Å². The Morgan fingerprint density at radius 2 is 0.960 bits per heavy atom. The monoisotopic (exact) mass is 637 g/mol. The van der Waals surface area contributed by atoms with Crippen LogP contribution >= 0.6 is 0 Å². The minimum Gasteiger partial charge on any atom is -0.277 e. The highest BCUT2D eigenvalue weighted by Gasteiger charge is 2.23. The van der Waals surface area contributed by atoms with E-state index in [1.165, 1.54) is 38.9 Å².